The Morgan fingerprint density at radius 2 is 1.50 bits per heavy atom. The number of hydrogen-bond acceptors (Lipinski definition) is 2. The zero-order valence-corrected chi connectivity index (χ0v) is 14.9. The molecule has 0 aliphatic heterocycles. The van der Waals surface area contributed by atoms with Gasteiger partial charge in [-0.05, 0) is 31.5 Å². The summed E-state index contributed by atoms with van der Waals surface area (Å²) < 4.78 is 0. The van der Waals surface area contributed by atoms with Crippen LogP contribution in [0.25, 0.3) is 0 Å². The molecule has 0 saturated heterocycles. The van der Waals surface area contributed by atoms with Crippen LogP contribution in [-0.2, 0) is 4.79 Å². The number of likely N-dealkylation sites (N-methyl/N-ethyl adjacent to an activating group) is 1. The summed E-state index contributed by atoms with van der Waals surface area (Å²) >= 11 is 0. The van der Waals surface area contributed by atoms with Crippen molar-refractivity contribution in [3.8, 4) is 0 Å². The summed E-state index contributed by atoms with van der Waals surface area (Å²) in [6, 6.07) is 21.0. The summed E-state index contributed by atoms with van der Waals surface area (Å²) in [5.74, 6) is 0.0790. The average molecular weight is 324 g/mol. The van der Waals surface area contributed by atoms with Crippen LogP contribution in [0, 0.1) is 0 Å². The first kappa shape index (κ1) is 18.2. The Kier molecular flexibility index (Phi) is 7.01. The third-order valence-electron chi connectivity index (χ3n) is 4.19. The van der Waals surface area contributed by atoms with Crippen molar-refractivity contribution in [1.29, 1.82) is 0 Å². The lowest BCUT2D eigenvalue weighted by Crippen LogP contribution is -2.41. The first-order valence-corrected chi connectivity index (χ1v) is 8.71. The number of nitrogens with zero attached hydrogens (tertiary/aromatic N) is 1. The standard InChI is InChI=1S/C21H28N2O/c1-4-11-17(2)22-20(24)16-23(3)21(18-12-7-5-8-13-18)19-14-9-6-10-15-19/h5-10,12-15,17,21H,4,11,16H2,1-3H3,(H,22,24). The molecule has 24 heavy (non-hydrogen) atoms. The van der Waals surface area contributed by atoms with E-state index in [-0.39, 0.29) is 18.0 Å². The number of amides is 1. The minimum absolute atomic E-state index is 0.0691. The van der Waals surface area contributed by atoms with E-state index in [9.17, 15) is 4.79 Å². The molecule has 1 amide bonds. The molecule has 0 bridgehead atoms. The van der Waals surface area contributed by atoms with E-state index in [1.54, 1.807) is 0 Å². The van der Waals surface area contributed by atoms with Gasteiger partial charge in [0.25, 0.3) is 0 Å². The highest BCUT2D eigenvalue weighted by atomic mass is 16.2. The highest BCUT2D eigenvalue weighted by Gasteiger charge is 2.21. The molecule has 3 nitrogen and oxygen atoms in total. The molecule has 2 aromatic rings. The van der Waals surface area contributed by atoms with Crippen molar-refractivity contribution < 1.29 is 4.79 Å². The van der Waals surface area contributed by atoms with Gasteiger partial charge in [0, 0.05) is 6.04 Å². The van der Waals surface area contributed by atoms with Crippen LogP contribution in [0.4, 0.5) is 0 Å². The number of carbonyl (C=O) groups is 1. The van der Waals surface area contributed by atoms with Crippen molar-refractivity contribution in [2.24, 2.45) is 0 Å². The zero-order chi connectivity index (χ0) is 17.4. The molecule has 0 radical (unpaired) electrons. The first-order valence-electron chi connectivity index (χ1n) is 8.71. The van der Waals surface area contributed by atoms with E-state index in [4.69, 9.17) is 0 Å². The van der Waals surface area contributed by atoms with Crippen LogP contribution in [0.1, 0.15) is 43.9 Å². The van der Waals surface area contributed by atoms with Crippen LogP contribution >= 0.6 is 0 Å². The summed E-state index contributed by atoms with van der Waals surface area (Å²) in [5.41, 5.74) is 2.39. The van der Waals surface area contributed by atoms with Crippen molar-refractivity contribution >= 4 is 5.91 Å². The summed E-state index contributed by atoms with van der Waals surface area (Å²) in [6.45, 7) is 4.57. The van der Waals surface area contributed by atoms with Gasteiger partial charge in [0.15, 0.2) is 0 Å². The molecule has 1 atom stereocenters. The third-order valence-corrected chi connectivity index (χ3v) is 4.19. The molecule has 0 aliphatic carbocycles. The van der Waals surface area contributed by atoms with E-state index in [1.165, 1.54) is 11.1 Å². The number of benzene rings is 2. The van der Waals surface area contributed by atoms with Crippen LogP contribution in [-0.4, -0.2) is 30.4 Å². The van der Waals surface area contributed by atoms with Gasteiger partial charge in [0.2, 0.25) is 5.91 Å². The average Bonchev–Trinajstić information content (AvgIpc) is 2.57. The molecule has 1 N–H and O–H groups in total. The molecule has 3 heteroatoms. The molecule has 0 aliphatic rings. The molecule has 128 valence electrons. The number of carbonyl (C=O) groups excluding carboxylic acids is 1. The van der Waals surface area contributed by atoms with E-state index < -0.39 is 0 Å². The predicted octanol–water partition coefficient (Wildman–Crippen LogP) is 4.01. The first-order chi connectivity index (χ1) is 11.6. The molecule has 0 saturated carbocycles. The largest absolute Gasteiger partial charge is 0.353 e. The molecular weight excluding hydrogens is 296 g/mol. The SMILES string of the molecule is CCCC(C)NC(=O)CN(C)C(c1ccccc1)c1ccccc1. The Balaban J connectivity index is 2.14. The van der Waals surface area contributed by atoms with Crippen LogP contribution in [0.15, 0.2) is 60.7 Å². The predicted molar refractivity (Wildman–Crippen MR) is 99.9 cm³/mol. The second-order valence-corrected chi connectivity index (χ2v) is 6.40. The number of rotatable bonds is 8. The van der Waals surface area contributed by atoms with Crippen molar-refractivity contribution in [3.63, 3.8) is 0 Å². The molecule has 2 rings (SSSR count). The number of hydrogen-bond donors (Lipinski definition) is 1. The minimum Gasteiger partial charge on any atom is -0.353 e. The molecule has 0 aromatic heterocycles. The van der Waals surface area contributed by atoms with Gasteiger partial charge < -0.3 is 5.32 Å². The smallest absolute Gasteiger partial charge is 0.234 e. The summed E-state index contributed by atoms with van der Waals surface area (Å²) in [7, 11) is 2.01. The van der Waals surface area contributed by atoms with E-state index in [0.29, 0.717) is 6.54 Å². The van der Waals surface area contributed by atoms with Gasteiger partial charge in [-0.2, -0.15) is 0 Å². The highest BCUT2D eigenvalue weighted by molar-refractivity contribution is 5.78. The zero-order valence-electron chi connectivity index (χ0n) is 14.9. The minimum atomic E-state index is 0.0691. The summed E-state index contributed by atoms with van der Waals surface area (Å²) in [4.78, 5) is 14.5. The van der Waals surface area contributed by atoms with Crippen LogP contribution in [0.2, 0.25) is 0 Å². The third kappa shape index (κ3) is 5.20. The maximum Gasteiger partial charge on any atom is 0.234 e. The van der Waals surface area contributed by atoms with Gasteiger partial charge in [-0.25, -0.2) is 0 Å². The lowest BCUT2D eigenvalue weighted by Gasteiger charge is -2.29. The van der Waals surface area contributed by atoms with Gasteiger partial charge in [-0.3, -0.25) is 9.69 Å². The quantitative estimate of drug-likeness (QED) is 0.795. The topological polar surface area (TPSA) is 32.3 Å². The Labute approximate surface area is 145 Å². The van der Waals surface area contributed by atoms with E-state index >= 15 is 0 Å². The summed E-state index contributed by atoms with van der Waals surface area (Å²) in [5, 5.41) is 3.09. The maximum atomic E-state index is 12.4. The monoisotopic (exact) mass is 324 g/mol. The Bertz CT molecular complexity index is 573. The highest BCUT2D eigenvalue weighted by Crippen LogP contribution is 2.27. The van der Waals surface area contributed by atoms with E-state index in [2.05, 4.69) is 48.3 Å². The Morgan fingerprint density at radius 1 is 1.00 bits per heavy atom. The fourth-order valence-electron chi connectivity index (χ4n) is 3.12. The van der Waals surface area contributed by atoms with Gasteiger partial charge in [-0.1, -0.05) is 74.0 Å². The van der Waals surface area contributed by atoms with Crippen molar-refractivity contribution in [1.82, 2.24) is 10.2 Å². The van der Waals surface area contributed by atoms with Crippen LogP contribution in [0.5, 0.6) is 0 Å². The van der Waals surface area contributed by atoms with E-state index in [0.717, 1.165) is 12.8 Å². The normalized spacial score (nSPS) is 12.4. The van der Waals surface area contributed by atoms with Crippen LogP contribution in [0.3, 0.4) is 0 Å². The second-order valence-electron chi connectivity index (χ2n) is 6.40. The van der Waals surface area contributed by atoms with Gasteiger partial charge in [-0.15, -0.1) is 0 Å². The Morgan fingerprint density at radius 3 is 1.96 bits per heavy atom. The fraction of sp³-hybridized carbons (Fsp3) is 0.381. The molecule has 0 heterocycles. The number of nitrogens with one attached hydrogen (secondary N) is 1. The lowest BCUT2D eigenvalue weighted by atomic mass is 9.97. The van der Waals surface area contributed by atoms with Crippen LogP contribution < -0.4 is 5.32 Å². The summed E-state index contributed by atoms with van der Waals surface area (Å²) in [6.07, 6.45) is 2.09. The molecule has 0 fully saturated rings. The maximum absolute atomic E-state index is 12.4. The Hall–Kier alpha value is -2.13. The van der Waals surface area contributed by atoms with Crippen molar-refractivity contribution in [2.45, 2.75) is 38.8 Å². The lowest BCUT2D eigenvalue weighted by molar-refractivity contribution is -0.122. The molecule has 0 spiro atoms. The van der Waals surface area contributed by atoms with Crippen molar-refractivity contribution in [3.05, 3.63) is 71.8 Å². The van der Waals surface area contributed by atoms with Gasteiger partial charge >= 0.3 is 0 Å². The molecule has 1 unspecified atom stereocenters. The fourth-order valence-corrected chi connectivity index (χ4v) is 3.12. The second kappa shape index (κ2) is 9.24. The van der Waals surface area contributed by atoms with E-state index in [1.807, 2.05) is 43.4 Å². The van der Waals surface area contributed by atoms with Gasteiger partial charge in [0.05, 0.1) is 12.6 Å². The van der Waals surface area contributed by atoms with Gasteiger partial charge in [0.1, 0.15) is 0 Å². The molecular formula is C21H28N2O. The van der Waals surface area contributed by atoms with Crippen molar-refractivity contribution in [2.75, 3.05) is 13.6 Å². The molecule has 2 aromatic carbocycles.